The van der Waals surface area contributed by atoms with E-state index in [1.165, 1.54) is 51.4 Å². The van der Waals surface area contributed by atoms with Gasteiger partial charge in [-0.25, -0.2) is 4.79 Å². The van der Waals surface area contributed by atoms with Crippen molar-refractivity contribution in [3.63, 3.8) is 0 Å². The van der Waals surface area contributed by atoms with E-state index in [2.05, 4.69) is 32.6 Å². The normalized spacial score (nSPS) is 9.82. The minimum absolute atomic E-state index is 0.209. The second-order valence-electron chi connectivity index (χ2n) is 7.03. The standard InChI is InChI=1S/C12H27P.C8H15FO2.C2H4O2/c1-4-7-10-13(11-8-5-2)12-9-6-3;1-2-3-4-5-6-7-8(10)11-9;1-2(3)4/h4-12H2,1-3H3;2-7H2,1H3;1H3,(H,3,4). The van der Waals surface area contributed by atoms with E-state index in [0.29, 0.717) is 7.92 Å². The Bertz CT molecular complexity index is 305. The first-order chi connectivity index (χ1) is 13.4. The SMILES string of the molecule is CC(=O)O.CCCCCCCC(=O)OF.CCCCP(CCCC)CCCC. The van der Waals surface area contributed by atoms with Gasteiger partial charge >= 0.3 is 5.97 Å². The van der Waals surface area contributed by atoms with E-state index in [1.807, 2.05) is 0 Å². The molecule has 0 radical (unpaired) electrons. The van der Waals surface area contributed by atoms with Gasteiger partial charge in [0.05, 0.1) is 0 Å². The van der Waals surface area contributed by atoms with Crippen molar-refractivity contribution in [3.05, 3.63) is 0 Å². The smallest absolute Gasteiger partial charge is 0.348 e. The van der Waals surface area contributed by atoms with E-state index in [4.69, 9.17) is 9.90 Å². The third kappa shape index (κ3) is 36.3. The molecule has 0 saturated heterocycles. The minimum atomic E-state index is -0.833. The summed E-state index contributed by atoms with van der Waals surface area (Å²) in [6.45, 7) is 10.1. The molecule has 0 bridgehead atoms. The molecular formula is C22H46FO4P. The first-order valence-electron chi connectivity index (χ1n) is 11.1. The van der Waals surface area contributed by atoms with Gasteiger partial charge in [-0.1, -0.05) is 72.6 Å². The van der Waals surface area contributed by atoms with Gasteiger partial charge in [0, 0.05) is 17.9 Å². The van der Waals surface area contributed by atoms with Crippen LogP contribution in [0.1, 0.15) is 112 Å². The topological polar surface area (TPSA) is 63.6 Å². The van der Waals surface area contributed by atoms with Gasteiger partial charge in [0.1, 0.15) is 0 Å². The second-order valence-corrected chi connectivity index (χ2v) is 9.72. The number of unbranched alkanes of at least 4 members (excludes halogenated alkanes) is 7. The third-order valence-electron chi connectivity index (χ3n) is 4.05. The zero-order chi connectivity index (χ0) is 22.0. The quantitative estimate of drug-likeness (QED) is 0.216. The third-order valence-corrected chi connectivity index (χ3v) is 6.90. The lowest BCUT2D eigenvalue weighted by Gasteiger charge is -2.16. The van der Waals surface area contributed by atoms with Crippen molar-refractivity contribution in [1.29, 1.82) is 0 Å². The molecule has 0 aliphatic heterocycles. The summed E-state index contributed by atoms with van der Waals surface area (Å²) in [5.74, 6) is -1.58. The van der Waals surface area contributed by atoms with Crippen LogP contribution in [0.25, 0.3) is 0 Å². The lowest BCUT2D eigenvalue weighted by atomic mass is 10.1. The molecule has 0 rings (SSSR count). The van der Waals surface area contributed by atoms with E-state index < -0.39 is 11.9 Å². The van der Waals surface area contributed by atoms with Crippen LogP contribution in [0.2, 0.25) is 0 Å². The Morgan fingerprint density at radius 1 is 0.750 bits per heavy atom. The van der Waals surface area contributed by atoms with E-state index >= 15 is 0 Å². The van der Waals surface area contributed by atoms with Crippen LogP contribution in [0.15, 0.2) is 0 Å². The minimum Gasteiger partial charge on any atom is -0.481 e. The average Bonchev–Trinajstić information content (AvgIpc) is 2.67. The van der Waals surface area contributed by atoms with Crippen molar-refractivity contribution in [3.8, 4) is 0 Å². The molecule has 4 nitrogen and oxygen atoms in total. The van der Waals surface area contributed by atoms with E-state index in [0.717, 1.165) is 26.2 Å². The zero-order valence-electron chi connectivity index (χ0n) is 19.1. The molecule has 1 N–H and O–H groups in total. The summed E-state index contributed by atoms with van der Waals surface area (Å²) in [6, 6.07) is 0. The van der Waals surface area contributed by atoms with Crippen LogP contribution in [0.3, 0.4) is 0 Å². The lowest BCUT2D eigenvalue weighted by Crippen LogP contribution is -1.96. The molecule has 0 amide bonds. The maximum absolute atomic E-state index is 11.1. The molecule has 0 aromatic carbocycles. The van der Waals surface area contributed by atoms with E-state index in [9.17, 15) is 9.32 Å². The van der Waals surface area contributed by atoms with Crippen molar-refractivity contribution in [1.82, 2.24) is 0 Å². The Hall–Kier alpha value is -0.700. The summed E-state index contributed by atoms with van der Waals surface area (Å²) in [6.07, 6.45) is 18.6. The summed E-state index contributed by atoms with van der Waals surface area (Å²) in [5, 5.41) is 7.42. The van der Waals surface area contributed by atoms with Crippen LogP contribution in [0.5, 0.6) is 0 Å². The molecule has 28 heavy (non-hydrogen) atoms. The second kappa shape index (κ2) is 28.5. The number of carbonyl (C=O) groups is 2. The number of rotatable bonds is 15. The zero-order valence-corrected chi connectivity index (χ0v) is 20.0. The fraction of sp³-hybridized carbons (Fsp3) is 0.909. The van der Waals surface area contributed by atoms with Crippen LogP contribution >= 0.6 is 7.92 Å². The Morgan fingerprint density at radius 2 is 1.11 bits per heavy atom. The summed E-state index contributed by atoms with van der Waals surface area (Å²) in [4.78, 5) is 22.3. The van der Waals surface area contributed by atoms with Gasteiger partial charge < -0.3 is 5.11 Å². The molecule has 0 aromatic heterocycles. The number of aliphatic carboxylic acids is 1. The summed E-state index contributed by atoms with van der Waals surface area (Å²) in [7, 11) is 0.422. The molecule has 170 valence electrons. The molecular weight excluding hydrogens is 378 g/mol. The Labute approximate surface area is 174 Å². The van der Waals surface area contributed by atoms with Crippen LogP contribution < -0.4 is 0 Å². The number of hydrogen-bond donors (Lipinski definition) is 1. The summed E-state index contributed by atoms with van der Waals surface area (Å²) >= 11 is 0. The highest BCUT2D eigenvalue weighted by Gasteiger charge is 2.05. The Morgan fingerprint density at radius 3 is 1.43 bits per heavy atom. The van der Waals surface area contributed by atoms with Gasteiger partial charge in [-0.3, -0.25) is 9.74 Å². The van der Waals surface area contributed by atoms with Crippen LogP contribution in [0, 0.1) is 0 Å². The fourth-order valence-corrected chi connectivity index (χ4v) is 5.35. The molecule has 0 heterocycles. The Balaban J connectivity index is -0.000000378. The number of carboxylic acids is 1. The van der Waals surface area contributed by atoms with Gasteiger partial charge in [-0.05, 0) is 44.2 Å². The summed E-state index contributed by atoms with van der Waals surface area (Å²) < 4.78 is 11.1. The number of halogens is 1. The average molecular weight is 425 g/mol. The van der Waals surface area contributed by atoms with Crippen molar-refractivity contribution >= 4 is 19.9 Å². The first-order valence-corrected chi connectivity index (χ1v) is 13.0. The largest absolute Gasteiger partial charge is 0.481 e. The first kappa shape index (κ1) is 32.0. The number of carboxylic acid groups (broad SMARTS) is 1. The monoisotopic (exact) mass is 424 g/mol. The van der Waals surface area contributed by atoms with Gasteiger partial charge in [-0.2, -0.15) is 0 Å². The number of carbonyl (C=O) groups excluding carboxylic acids is 1. The molecule has 0 aromatic rings. The van der Waals surface area contributed by atoms with Crippen molar-refractivity contribution in [2.45, 2.75) is 112 Å². The van der Waals surface area contributed by atoms with Gasteiger partial charge in [0.15, 0.2) is 0 Å². The molecule has 0 unspecified atom stereocenters. The molecule has 0 aliphatic rings. The molecule has 6 heteroatoms. The Kier molecular flexibility index (Phi) is 32.6. The predicted molar refractivity (Wildman–Crippen MR) is 120 cm³/mol. The lowest BCUT2D eigenvalue weighted by molar-refractivity contribution is -0.183. The van der Waals surface area contributed by atoms with Crippen molar-refractivity contribution in [2.75, 3.05) is 18.5 Å². The predicted octanol–water partition coefficient (Wildman–Crippen LogP) is 7.73. The molecule has 0 spiro atoms. The van der Waals surface area contributed by atoms with Gasteiger partial charge in [0.2, 0.25) is 0 Å². The molecule has 0 aliphatic carbocycles. The van der Waals surface area contributed by atoms with Crippen LogP contribution in [-0.4, -0.2) is 35.5 Å². The van der Waals surface area contributed by atoms with E-state index in [1.54, 1.807) is 18.5 Å². The number of hydrogen-bond acceptors (Lipinski definition) is 3. The van der Waals surface area contributed by atoms with E-state index in [-0.39, 0.29) is 6.42 Å². The molecule has 0 atom stereocenters. The van der Waals surface area contributed by atoms with Crippen LogP contribution in [-0.2, 0) is 14.5 Å². The van der Waals surface area contributed by atoms with Gasteiger partial charge in [0.25, 0.3) is 5.97 Å². The fourth-order valence-electron chi connectivity index (χ4n) is 2.39. The summed E-state index contributed by atoms with van der Waals surface area (Å²) in [5.41, 5.74) is 0. The highest BCUT2D eigenvalue weighted by atomic mass is 31.1. The highest BCUT2D eigenvalue weighted by molar-refractivity contribution is 7.57. The highest BCUT2D eigenvalue weighted by Crippen LogP contribution is 2.38. The molecule has 0 saturated carbocycles. The van der Waals surface area contributed by atoms with Crippen molar-refractivity contribution < 1.29 is 24.2 Å². The molecule has 0 fully saturated rings. The van der Waals surface area contributed by atoms with Crippen molar-refractivity contribution in [2.24, 2.45) is 0 Å². The maximum Gasteiger partial charge on any atom is 0.348 e. The maximum atomic E-state index is 11.1. The van der Waals surface area contributed by atoms with Gasteiger partial charge in [-0.15, -0.1) is 7.92 Å². The van der Waals surface area contributed by atoms with Crippen LogP contribution in [0.4, 0.5) is 4.53 Å².